The maximum atomic E-state index is 11.3. The Balaban J connectivity index is 5.51. The number of carbonyl (C=O) groups excluding carboxylic acids is 4. The van der Waals surface area contributed by atoms with Crippen molar-refractivity contribution in [3.05, 3.63) is 0 Å². The van der Waals surface area contributed by atoms with Gasteiger partial charge in [0.1, 0.15) is 12.7 Å². The molecule has 138 valence electrons. The highest BCUT2D eigenvalue weighted by Gasteiger charge is 2.40. The normalized spacial score (nSPS) is 15.4. The van der Waals surface area contributed by atoms with E-state index in [2.05, 4.69) is 10.1 Å². The zero-order valence-corrected chi connectivity index (χ0v) is 14.2. The zero-order valence-electron chi connectivity index (χ0n) is 14.2. The van der Waals surface area contributed by atoms with E-state index >= 15 is 0 Å². The van der Waals surface area contributed by atoms with Gasteiger partial charge in [-0.05, 0) is 0 Å². The van der Waals surface area contributed by atoms with Gasteiger partial charge in [-0.3, -0.25) is 19.2 Å². The molecule has 4 atom stereocenters. The van der Waals surface area contributed by atoms with Gasteiger partial charge in [0.25, 0.3) is 0 Å². The molecular formula is C14H23NO9. The van der Waals surface area contributed by atoms with Crippen LogP contribution in [0.15, 0.2) is 0 Å². The molecule has 0 saturated carbocycles. The highest BCUT2D eigenvalue weighted by molar-refractivity contribution is 5.73. The molecule has 1 amide bonds. The molecule has 0 radical (unpaired) electrons. The molecule has 0 aliphatic rings. The summed E-state index contributed by atoms with van der Waals surface area (Å²) in [4.78, 5) is 44.8. The third-order valence-electron chi connectivity index (χ3n) is 2.66. The molecule has 0 saturated heterocycles. The first-order valence-electron chi connectivity index (χ1n) is 7.04. The number of rotatable bonds is 9. The molecule has 0 aliphatic heterocycles. The van der Waals surface area contributed by atoms with Gasteiger partial charge in [-0.2, -0.15) is 0 Å². The Morgan fingerprint density at radius 1 is 0.917 bits per heavy atom. The first kappa shape index (κ1) is 21.8. The largest absolute Gasteiger partial charge is 0.463 e. The first-order valence-corrected chi connectivity index (χ1v) is 7.04. The minimum absolute atomic E-state index is 0.505. The number of nitrogens with one attached hydrogen (secondary N) is 1. The number of amides is 1. The number of methoxy groups -OCH3 is 1. The fraction of sp³-hybridized carbons (Fsp3) is 0.714. The van der Waals surface area contributed by atoms with Crippen LogP contribution in [0.2, 0.25) is 0 Å². The lowest BCUT2D eigenvalue weighted by Gasteiger charge is -2.33. The third kappa shape index (κ3) is 8.44. The van der Waals surface area contributed by atoms with Crippen LogP contribution in [0, 0.1) is 0 Å². The number of carbonyl (C=O) groups is 4. The van der Waals surface area contributed by atoms with Crippen molar-refractivity contribution in [2.45, 2.75) is 52.2 Å². The molecule has 10 heteroatoms. The van der Waals surface area contributed by atoms with E-state index in [1.807, 2.05) is 0 Å². The molecule has 10 nitrogen and oxygen atoms in total. The Morgan fingerprint density at radius 3 is 1.79 bits per heavy atom. The lowest BCUT2D eigenvalue weighted by atomic mass is 10.1. The van der Waals surface area contributed by atoms with Crippen LogP contribution >= 0.6 is 0 Å². The summed E-state index contributed by atoms with van der Waals surface area (Å²) in [5, 5.41) is 12.5. The van der Waals surface area contributed by atoms with Crippen LogP contribution in [-0.2, 0) is 38.1 Å². The predicted molar refractivity (Wildman–Crippen MR) is 78.4 cm³/mol. The molecule has 0 heterocycles. The lowest BCUT2D eigenvalue weighted by Crippen LogP contribution is -2.56. The Labute approximate surface area is 139 Å². The van der Waals surface area contributed by atoms with Crippen LogP contribution in [-0.4, -0.2) is 67.2 Å². The molecule has 0 aromatic rings. The molecule has 0 spiro atoms. The number of hydrogen-bond acceptors (Lipinski definition) is 9. The molecule has 0 aromatic carbocycles. The van der Waals surface area contributed by atoms with E-state index in [1.54, 1.807) is 0 Å². The van der Waals surface area contributed by atoms with Gasteiger partial charge in [0, 0.05) is 34.8 Å². The monoisotopic (exact) mass is 349 g/mol. The lowest BCUT2D eigenvalue weighted by molar-refractivity contribution is -0.195. The van der Waals surface area contributed by atoms with Gasteiger partial charge < -0.3 is 29.4 Å². The molecule has 2 N–H and O–H groups in total. The molecule has 0 bridgehead atoms. The Kier molecular flexibility index (Phi) is 9.58. The van der Waals surface area contributed by atoms with Crippen LogP contribution in [0.1, 0.15) is 27.7 Å². The summed E-state index contributed by atoms with van der Waals surface area (Å²) >= 11 is 0. The van der Waals surface area contributed by atoms with Gasteiger partial charge >= 0.3 is 17.9 Å². The van der Waals surface area contributed by atoms with Crippen molar-refractivity contribution in [3.8, 4) is 0 Å². The van der Waals surface area contributed by atoms with Crippen molar-refractivity contribution < 1.29 is 43.2 Å². The number of aliphatic hydroxyl groups excluding tert-OH is 1. The van der Waals surface area contributed by atoms with E-state index in [4.69, 9.17) is 14.2 Å². The van der Waals surface area contributed by atoms with Crippen molar-refractivity contribution in [3.63, 3.8) is 0 Å². The van der Waals surface area contributed by atoms with E-state index in [0.717, 1.165) is 20.8 Å². The summed E-state index contributed by atoms with van der Waals surface area (Å²) in [5.74, 6) is -2.71. The quantitative estimate of drug-likeness (QED) is 0.301. The van der Waals surface area contributed by atoms with Crippen molar-refractivity contribution >= 4 is 23.8 Å². The van der Waals surface area contributed by atoms with Crippen LogP contribution in [0.25, 0.3) is 0 Å². The summed E-state index contributed by atoms with van der Waals surface area (Å²) < 4.78 is 19.7. The summed E-state index contributed by atoms with van der Waals surface area (Å²) in [5.41, 5.74) is 0. The third-order valence-corrected chi connectivity index (χ3v) is 2.66. The summed E-state index contributed by atoms with van der Waals surface area (Å²) in [6, 6.07) is 0. The smallest absolute Gasteiger partial charge is 0.303 e. The maximum Gasteiger partial charge on any atom is 0.303 e. The van der Waals surface area contributed by atoms with E-state index in [1.165, 1.54) is 14.0 Å². The average molecular weight is 349 g/mol. The van der Waals surface area contributed by atoms with Gasteiger partial charge in [0.15, 0.2) is 18.4 Å². The van der Waals surface area contributed by atoms with Crippen LogP contribution < -0.4 is 5.32 Å². The summed E-state index contributed by atoms with van der Waals surface area (Å²) in [7, 11) is 1.22. The minimum Gasteiger partial charge on any atom is -0.463 e. The van der Waals surface area contributed by atoms with E-state index in [9.17, 15) is 24.3 Å². The van der Waals surface area contributed by atoms with Crippen LogP contribution in [0.4, 0.5) is 0 Å². The highest BCUT2D eigenvalue weighted by atomic mass is 16.6. The van der Waals surface area contributed by atoms with Crippen molar-refractivity contribution in [1.82, 2.24) is 5.32 Å². The number of hydrogen-bond donors (Lipinski definition) is 2. The fourth-order valence-electron chi connectivity index (χ4n) is 1.82. The molecule has 24 heavy (non-hydrogen) atoms. The van der Waals surface area contributed by atoms with Crippen molar-refractivity contribution in [2.75, 3.05) is 13.7 Å². The second kappa shape index (κ2) is 10.6. The molecule has 0 rings (SSSR count). The fourth-order valence-corrected chi connectivity index (χ4v) is 1.82. The molecule has 2 unspecified atom stereocenters. The van der Waals surface area contributed by atoms with Crippen LogP contribution in [0.3, 0.4) is 0 Å². The molecule has 0 fully saturated rings. The molecule has 0 aromatic heterocycles. The highest BCUT2D eigenvalue weighted by Crippen LogP contribution is 2.16. The van der Waals surface area contributed by atoms with Gasteiger partial charge in [-0.15, -0.1) is 0 Å². The topological polar surface area (TPSA) is 137 Å². The van der Waals surface area contributed by atoms with Gasteiger partial charge in [-0.25, -0.2) is 0 Å². The summed E-state index contributed by atoms with van der Waals surface area (Å²) in [6.07, 6.45) is -5.54. The minimum atomic E-state index is -1.52. The second-order valence-electron chi connectivity index (χ2n) is 4.87. The predicted octanol–water partition coefficient (Wildman–Crippen LogP) is -1.12. The van der Waals surface area contributed by atoms with Gasteiger partial charge in [-0.1, -0.05) is 0 Å². The Bertz CT molecular complexity index is 465. The van der Waals surface area contributed by atoms with Crippen molar-refractivity contribution in [1.29, 1.82) is 0 Å². The SMILES string of the molecule is CO[C@H](NC(C)=O)C(OC(C)=O)[C@@H](OC(C)=O)C(O)COC(C)=O. The number of ether oxygens (including phenoxy) is 4. The summed E-state index contributed by atoms with van der Waals surface area (Å²) in [6.45, 7) is 3.99. The number of aliphatic hydroxyl groups is 1. The first-order chi connectivity index (χ1) is 11.1. The Morgan fingerprint density at radius 2 is 1.42 bits per heavy atom. The van der Waals surface area contributed by atoms with Gasteiger partial charge in [0.2, 0.25) is 5.91 Å². The maximum absolute atomic E-state index is 11.3. The van der Waals surface area contributed by atoms with E-state index in [-0.39, 0.29) is 0 Å². The van der Waals surface area contributed by atoms with Crippen LogP contribution in [0.5, 0.6) is 0 Å². The van der Waals surface area contributed by atoms with Gasteiger partial charge in [0.05, 0.1) is 0 Å². The molecular weight excluding hydrogens is 326 g/mol. The average Bonchev–Trinajstić information content (AvgIpc) is 2.45. The standard InChI is InChI=1S/C14H23NO9/c1-7(16)15-14(21-5)13(24-10(4)19)12(23-9(3)18)11(20)6-22-8(2)17/h11-14,20H,6H2,1-5H3,(H,15,16)/t11?,12-,13?,14-/m0/s1. The zero-order chi connectivity index (χ0) is 18.9. The van der Waals surface area contributed by atoms with E-state index < -0.39 is 55.0 Å². The Hall–Kier alpha value is -2.20. The van der Waals surface area contributed by atoms with Crippen molar-refractivity contribution in [2.24, 2.45) is 0 Å². The number of esters is 3. The van der Waals surface area contributed by atoms with E-state index in [0.29, 0.717) is 0 Å². The molecule has 0 aliphatic carbocycles. The second-order valence-corrected chi connectivity index (χ2v) is 4.87.